The molecule has 214 valence electrons. The third kappa shape index (κ3) is 6.47. The maximum Gasteiger partial charge on any atom is 0.272 e. The first-order valence-electron chi connectivity index (χ1n) is 14.4. The van der Waals surface area contributed by atoms with E-state index in [-0.39, 0.29) is 10.7 Å². The van der Waals surface area contributed by atoms with Crippen molar-refractivity contribution in [3.8, 4) is 11.1 Å². The number of nitrogens with zero attached hydrogens (tertiary/aromatic N) is 1. The Labute approximate surface area is 248 Å². The van der Waals surface area contributed by atoms with Gasteiger partial charge in [-0.3, -0.25) is 19.3 Å². The molecule has 43 heavy (non-hydrogen) atoms. The zero-order valence-corrected chi connectivity index (χ0v) is 23.7. The lowest BCUT2D eigenvalue weighted by Crippen LogP contribution is -2.46. The molecule has 4 aromatic carbocycles. The Hall–Kier alpha value is -5.27. The number of carbonyl (C=O) groups is 1. The van der Waals surface area contributed by atoms with E-state index in [0.29, 0.717) is 16.7 Å². The van der Waals surface area contributed by atoms with E-state index in [4.69, 9.17) is 5.73 Å². The molecule has 0 radical (unpaired) electrons. The van der Waals surface area contributed by atoms with E-state index in [1.807, 2.05) is 48.5 Å². The van der Waals surface area contributed by atoms with Crippen molar-refractivity contribution in [1.82, 2.24) is 14.9 Å². The van der Waals surface area contributed by atoms with Crippen molar-refractivity contribution in [2.75, 3.05) is 13.1 Å². The van der Waals surface area contributed by atoms with Gasteiger partial charge in [-0.1, -0.05) is 84.9 Å². The summed E-state index contributed by atoms with van der Waals surface area (Å²) in [5, 5.41) is 0.284. The number of hydrogen-bond acceptors (Lipinski definition) is 4. The first kappa shape index (κ1) is 27.9. The predicted molar refractivity (Wildman–Crippen MR) is 170 cm³/mol. The number of benzene rings is 4. The van der Waals surface area contributed by atoms with Crippen LogP contribution >= 0.6 is 0 Å². The van der Waals surface area contributed by atoms with Crippen LogP contribution in [0.1, 0.15) is 38.2 Å². The molecule has 1 aliphatic rings. The minimum atomic E-state index is -0.539. The van der Waals surface area contributed by atoms with Crippen molar-refractivity contribution < 1.29 is 4.79 Å². The summed E-state index contributed by atoms with van der Waals surface area (Å²) in [5.41, 5.74) is 12.3. The van der Waals surface area contributed by atoms with E-state index < -0.39 is 17.0 Å². The number of amides is 1. The fourth-order valence-electron chi connectivity index (χ4n) is 5.57. The molecule has 0 spiro atoms. The molecule has 4 N–H and O–H groups in total. The number of H-pyrrole nitrogens is 2. The lowest BCUT2D eigenvalue weighted by Gasteiger charge is -2.28. The van der Waals surface area contributed by atoms with Crippen LogP contribution in [0.25, 0.3) is 23.3 Å². The highest BCUT2D eigenvalue weighted by atomic mass is 16.1. The maximum atomic E-state index is 12.8. The van der Waals surface area contributed by atoms with Gasteiger partial charge in [0.05, 0.1) is 0 Å². The third-order valence-electron chi connectivity index (χ3n) is 7.91. The van der Waals surface area contributed by atoms with Crippen molar-refractivity contribution in [2.45, 2.75) is 19.4 Å². The number of nitrogens with one attached hydrogen (secondary N) is 2. The summed E-state index contributed by atoms with van der Waals surface area (Å²) in [6.45, 7) is 3.00. The topological polar surface area (TPSA) is 112 Å². The Kier molecular flexibility index (Phi) is 7.98. The Morgan fingerprint density at radius 3 is 2.12 bits per heavy atom. The van der Waals surface area contributed by atoms with Gasteiger partial charge in [-0.15, -0.1) is 0 Å². The molecule has 0 fully saturated rings. The SMILES string of the molecule is NC(=O)c1ccc(/C=c2\[nH]c(=O)/c(=C/c3ccccc3)[nH]c2=O)cc1-c1ccc(CCN2CCc3ccccc3C2)cc1. The second kappa shape index (κ2) is 12.3. The first-order valence-corrected chi connectivity index (χ1v) is 14.4. The minimum Gasteiger partial charge on any atom is -0.366 e. The van der Waals surface area contributed by atoms with Gasteiger partial charge in [0.2, 0.25) is 5.91 Å². The molecule has 1 aliphatic heterocycles. The van der Waals surface area contributed by atoms with Gasteiger partial charge >= 0.3 is 0 Å². The molecule has 0 saturated heterocycles. The van der Waals surface area contributed by atoms with Gasteiger partial charge in [0.25, 0.3) is 11.1 Å². The molecular weight excluding hydrogens is 536 g/mol. The Morgan fingerprint density at radius 2 is 1.42 bits per heavy atom. The second-order valence-corrected chi connectivity index (χ2v) is 10.8. The summed E-state index contributed by atoms with van der Waals surface area (Å²) in [5.74, 6) is -0.539. The van der Waals surface area contributed by atoms with E-state index in [1.165, 1.54) is 16.7 Å². The fraction of sp³-hybridized carbons (Fsp3) is 0.139. The summed E-state index contributed by atoms with van der Waals surface area (Å²) in [4.78, 5) is 45.7. The highest BCUT2D eigenvalue weighted by Gasteiger charge is 2.16. The van der Waals surface area contributed by atoms with Crippen LogP contribution in [0.3, 0.4) is 0 Å². The molecule has 0 saturated carbocycles. The van der Waals surface area contributed by atoms with E-state index in [1.54, 1.807) is 24.3 Å². The molecule has 6 rings (SSSR count). The van der Waals surface area contributed by atoms with E-state index in [2.05, 4.69) is 51.3 Å². The molecule has 1 amide bonds. The molecule has 0 unspecified atom stereocenters. The zero-order chi connectivity index (χ0) is 29.8. The standard InChI is InChI=1S/C36H32N4O3/c37-34(41)30-15-12-26(22-33-36(43)38-32(35(42)39-33)21-25-6-2-1-3-7-25)20-31(30)28-13-10-24(11-14-28)16-18-40-19-17-27-8-4-5-9-29(27)23-40/h1-15,20-22H,16-19,23H2,(H2,37,41)(H,38,43)(H,39,42)/b32-21-,33-22-. The van der Waals surface area contributed by atoms with Crippen molar-refractivity contribution in [3.05, 3.63) is 162 Å². The first-order chi connectivity index (χ1) is 20.9. The van der Waals surface area contributed by atoms with E-state index in [9.17, 15) is 14.4 Å². The molecule has 7 heteroatoms. The van der Waals surface area contributed by atoms with Crippen molar-refractivity contribution in [1.29, 1.82) is 0 Å². The third-order valence-corrected chi connectivity index (χ3v) is 7.91. The van der Waals surface area contributed by atoms with Gasteiger partial charge in [-0.05, 0) is 76.1 Å². The smallest absolute Gasteiger partial charge is 0.272 e. The van der Waals surface area contributed by atoms with Crippen LogP contribution in [0, 0.1) is 0 Å². The number of carbonyl (C=O) groups excluding carboxylic acids is 1. The quantitative estimate of drug-likeness (QED) is 0.280. The summed E-state index contributed by atoms with van der Waals surface area (Å²) in [6.07, 6.45) is 5.21. The van der Waals surface area contributed by atoms with Gasteiger partial charge in [0.15, 0.2) is 0 Å². The lowest BCUT2D eigenvalue weighted by molar-refractivity contribution is 0.100. The van der Waals surface area contributed by atoms with Gasteiger partial charge < -0.3 is 15.7 Å². The van der Waals surface area contributed by atoms with Crippen molar-refractivity contribution >= 4 is 18.1 Å². The Morgan fingerprint density at radius 1 is 0.767 bits per heavy atom. The molecule has 0 bridgehead atoms. The number of rotatable bonds is 7. The molecule has 7 nitrogen and oxygen atoms in total. The highest BCUT2D eigenvalue weighted by molar-refractivity contribution is 6.00. The van der Waals surface area contributed by atoms with Gasteiger partial charge in [-0.2, -0.15) is 0 Å². The van der Waals surface area contributed by atoms with Crippen molar-refractivity contribution in [3.63, 3.8) is 0 Å². The second-order valence-electron chi connectivity index (χ2n) is 10.8. The summed E-state index contributed by atoms with van der Waals surface area (Å²) in [7, 11) is 0. The van der Waals surface area contributed by atoms with Gasteiger partial charge in [-0.25, -0.2) is 0 Å². The van der Waals surface area contributed by atoms with Crippen molar-refractivity contribution in [2.24, 2.45) is 5.73 Å². The average Bonchev–Trinajstić information content (AvgIpc) is 3.03. The normalized spacial score (nSPS) is 14.0. The monoisotopic (exact) mass is 568 g/mol. The number of hydrogen-bond donors (Lipinski definition) is 3. The number of nitrogens with two attached hydrogens (primary N) is 1. The maximum absolute atomic E-state index is 12.8. The highest BCUT2D eigenvalue weighted by Crippen LogP contribution is 2.26. The van der Waals surface area contributed by atoms with Gasteiger partial charge in [0.1, 0.15) is 10.7 Å². The van der Waals surface area contributed by atoms with Crippen LogP contribution in [0.2, 0.25) is 0 Å². The molecule has 1 aromatic heterocycles. The molecule has 0 aliphatic carbocycles. The van der Waals surface area contributed by atoms with E-state index in [0.717, 1.165) is 43.6 Å². The van der Waals surface area contributed by atoms with E-state index >= 15 is 0 Å². The average molecular weight is 569 g/mol. The summed E-state index contributed by atoms with van der Waals surface area (Å²) < 4.78 is 0. The summed E-state index contributed by atoms with van der Waals surface area (Å²) in [6, 6.07) is 31.2. The largest absolute Gasteiger partial charge is 0.366 e. The fourth-order valence-corrected chi connectivity index (χ4v) is 5.57. The molecule has 2 heterocycles. The molecular formula is C36H32N4O3. The van der Waals surface area contributed by atoms with Crippen LogP contribution in [0.15, 0.2) is 107 Å². The summed E-state index contributed by atoms with van der Waals surface area (Å²) >= 11 is 0. The number of fused-ring (bicyclic) bond motifs is 1. The van der Waals surface area contributed by atoms with Gasteiger partial charge in [0, 0.05) is 25.2 Å². The Balaban J connectivity index is 1.24. The molecule has 0 atom stereocenters. The minimum absolute atomic E-state index is 0.115. The van der Waals surface area contributed by atoms with Crippen LogP contribution in [-0.4, -0.2) is 33.9 Å². The predicted octanol–water partition coefficient (Wildman–Crippen LogP) is 3.09. The van der Waals surface area contributed by atoms with Crippen LogP contribution in [0.5, 0.6) is 0 Å². The number of aromatic amines is 2. The number of aromatic nitrogens is 2. The van der Waals surface area contributed by atoms with Crippen LogP contribution < -0.4 is 27.6 Å². The number of primary amides is 1. The zero-order valence-electron chi connectivity index (χ0n) is 23.7. The van der Waals surface area contributed by atoms with Crippen LogP contribution in [0.4, 0.5) is 0 Å². The van der Waals surface area contributed by atoms with Crippen LogP contribution in [-0.2, 0) is 19.4 Å². The Bertz CT molecular complexity index is 2030. The lowest BCUT2D eigenvalue weighted by atomic mass is 9.95. The molecule has 5 aromatic rings.